The summed E-state index contributed by atoms with van der Waals surface area (Å²) in [5.74, 6) is -4.94. The molecule has 5 nitrogen and oxygen atoms in total. The Balaban J connectivity index is 2.12. The second-order valence-electron chi connectivity index (χ2n) is 6.38. The van der Waals surface area contributed by atoms with Crippen molar-refractivity contribution in [3.63, 3.8) is 0 Å². The molecule has 1 aromatic carbocycles. The monoisotopic (exact) mass is 462 g/mol. The Morgan fingerprint density at radius 2 is 1.88 bits per heavy atom. The SMILES string of the molecule is C=C(Cc1nc(C(F)(F)c2ccc(I)cc2)no1)C(=O)OC(C)(C)C. The molecule has 1 aromatic heterocycles. The molecule has 0 bridgehead atoms. The number of ether oxygens (including phenoxy) is 1. The van der Waals surface area contributed by atoms with E-state index in [0.29, 0.717) is 0 Å². The van der Waals surface area contributed by atoms with E-state index < -0.39 is 23.3 Å². The molecule has 1 heterocycles. The summed E-state index contributed by atoms with van der Waals surface area (Å²) in [6.07, 6.45) is -0.162. The molecule has 0 aliphatic heterocycles. The molecule has 0 aliphatic rings. The van der Waals surface area contributed by atoms with E-state index in [2.05, 4.69) is 16.7 Å². The summed E-state index contributed by atoms with van der Waals surface area (Å²) in [6.45, 7) is 8.72. The third-order valence-corrected chi connectivity index (χ3v) is 3.73. The molecular weight excluding hydrogens is 445 g/mol. The largest absolute Gasteiger partial charge is 0.457 e. The highest BCUT2D eigenvalue weighted by Gasteiger charge is 2.39. The molecular formula is C17H17F2IN2O3. The molecule has 2 aromatic rings. The first-order valence-electron chi connectivity index (χ1n) is 7.37. The highest BCUT2D eigenvalue weighted by Crippen LogP contribution is 2.34. The van der Waals surface area contributed by atoms with Gasteiger partial charge in [0.25, 0.3) is 0 Å². The van der Waals surface area contributed by atoms with Crippen LogP contribution in [0.15, 0.2) is 40.9 Å². The fourth-order valence-corrected chi connectivity index (χ4v) is 2.21. The lowest BCUT2D eigenvalue weighted by molar-refractivity contribution is -0.150. The molecule has 0 fully saturated rings. The fourth-order valence-electron chi connectivity index (χ4n) is 1.85. The number of hydrogen-bond donors (Lipinski definition) is 0. The lowest BCUT2D eigenvalue weighted by Gasteiger charge is -2.19. The maximum atomic E-state index is 14.5. The topological polar surface area (TPSA) is 65.2 Å². The van der Waals surface area contributed by atoms with Crippen molar-refractivity contribution >= 4 is 28.6 Å². The van der Waals surface area contributed by atoms with Crippen LogP contribution in [0, 0.1) is 3.57 Å². The number of alkyl halides is 2. The third-order valence-electron chi connectivity index (χ3n) is 3.01. The summed E-state index contributed by atoms with van der Waals surface area (Å²) in [7, 11) is 0. The lowest BCUT2D eigenvalue weighted by Crippen LogP contribution is -2.25. The second kappa shape index (κ2) is 7.19. The molecule has 134 valence electrons. The Kier molecular flexibility index (Phi) is 5.60. The Morgan fingerprint density at radius 3 is 2.44 bits per heavy atom. The quantitative estimate of drug-likeness (QED) is 0.378. The van der Waals surface area contributed by atoms with E-state index in [1.165, 1.54) is 12.1 Å². The predicted molar refractivity (Wildman–Crippen MR) is 95.1 cm³/mol. The average Bonchev–Trinajstić information content (AvgIpc) is 2.95. The summed E-state index contributed by atoms with van der Waals surface area (Å²) in [5.41, 5.74) is -0.883. The molecule has 2 rings (SSSR count). The number of esters is 1. The first kappa shape index (κ1) is 19.5. The average molecular weight is 462 g/mol. The minimum Gasteiger partial charge on any atom is -0.457 e. The van der Waals surface area contributed by atoms with E-state index in [9.17, 15) is 13.6 Å². The van der Waals surface area contributed by atoms with Crippen LogP contribution in [0.3, 0.4) is 0 Å². The summed E-state index contributed by atoms with van der Waals surface area (Å²) in [6, 6.07) is 5.74. The van der Waals surface area contributed by atoms with Gasteiger partial charge < -0.3 is 9.26 Å². The van der Waals surface area contributed by atoms with Crippen molar-refractivity contribution < 1.29 is 22.8 Å². The Bertz CT molecular complexity index is 780. The number of aromatic nitrogens is 2. The molecule has 0 radical (unpaired) electrons. The fraction of sp³-hybridized carbons (Fsp3) is 0.353. The number of carbonyl (C=O) groups excluding carboxylic acids is 1. The van der Waals surface area contributed by atoms with Crippen molar-refractivity contribution in [3.05, 3.63) is 57.3 Å². The van der Waals surface area contributed by atoms with E-state index in [4.69, 9.17) is 9.26 Å². The molecule has 0 aliphatic carbocycles. The number of carbonyl (C=O) groups is 1. The summed E-state index contributed by atoms with van der Waals surface area (Å²) < 4.78 is 39.7. The molecule has 25 heavy (non-hydrogen) atoms. The van der Waals surface area contributed by atoms with Gasteiger partial charge in [0.15, 0.2) is 0 Å². The number of hydrogen-bond acceptors (Lipinski definition) is 5. The highest BCUT2D eigenvalue weighted by atomic mass is 127. The first-order chi connectivity index (χ1) is 11.5. The van der Waals surface area contributed by atoms with E-state index in [1.807, 2.05) is 22.6 Å². The van der Waals surface area contributed by atoms with Gasteiger partial charge in [0.2, 0.25) is 11.7 Å². The van der Waals surface area contributed by atoms with Crippen LogP contribution in [0.5, 0.6) is 0 Å². The van der Waals surface area contributed by atoms with E-state index in [1.54, 1.807) is 32.9 Å². The molecule has 0 N–H and O–H groups in total. The van der Waals surface area contributed by atoms with Crippen molar-refractivity contribution in [2.75, 3.05) is 0 Å². The van der Waals surface area contributed by atoms with Crippen molar-refractivity contribution in [3.8, 4) is 0 Å². The van der Waals surface area contributed by atoms with Crippen LogP contribution in [-0.2, 0) is 21.9 Å². The molecule has 0 spiro atoms. The van der Waals surface area contributed by atoms with Crippen LogP contribution >= 0.6 is 22.6 Å². The van der Waals surface area contributed by atoms with E-state index in [0.717, 1.165) is 3.57 Å². The van der Waals surface area contributed by atoms with Crippen molar-refractivity contribution in [1.29, 1.82) is 0 Å². The van der Waals surface area contributed by atoms with Gasteiger partial charge in [-0.25, -0.2) is 4.79 Å². The first-order valence-corrected chi connectivity index (χ1v) is 8.45. The summed E-state index contributed by atoms with van der Waals surface area (Å²) in [4.78, 5) is 15.6. The van der Waals surface area contributed by atoms with E-state index in [-0.39, 0.29) is 23.4 Å². The number of halogens is 3. The molecule has 0 unspecified atom stereocenters. The number of rotatable bonds is 5. The van der Waals surface area contributed by atoms with Gasteiger partial charge in [-0.1, -0.05) is 23.9 Å². The van der Waals surface area contributed by atoms with Gasteiger partial charge in [-0.3, -0.25) is 0 Å². The highest BCUT2D eigenvalue weighted by molar-refractivity contribution is 14.1. The minimum atomic E-state index is -3.40. The van der Waals surface area contributed by atoms with Gasteiger partial charge in [0.05, 0.1) is 6.42 Å². The summed E-state index contributed by atoms with van der Waals surface area (Å²) in [5, 5.41) is 3.34. The zero-order chi connectivity index (χ0) is 18.8. The van der Waals surface area contributed by atoms with Crippen molar-refractivity contribution in [2.24, 2.45) is 0 Å². The van der Waals surface area contributed by atoms with Crippen LogP contribution in [0.4, 0.5) is 8.78 Å². The second-order valence-corrected chi connectivity index (χ2v) is 7.62. The molecule has 0 saturated heterocycles. The van der Waals surface area contributed by atoms with Gasteiger partial charge in [0.1, 0.15) is 5.60 Å². The Morgan fingerprint density at radius 1 is 1.28 bits per heavy atom. The van der Waals surface area contributed by atoms with Crippen molar-refractivity contribution in [2.45, 2.75) is 38.7 Å². The zero-order valence-electron chi connectivity index (χ0n) is 14.0. The normalized spacial score (nSPS) is 12.1. The van der Waals surface area contributed by atoms with Gasteiger partial charge >= 0.3 is 11.9 Å². The van der Waals surface area contributed by atoms with Crippen LogP contribution in [0.1, 0.15) is 38.0 Å². The zero-order valence-corrected chi connectivity index (χ0v) is 16.1. The Hall–Kier alpha value is -1.84. The van der Waals surface area contributed by atoms with Crippen LogP contribution in [0.25, 0.3) is 0 Å². The van der Waals surface area contributed by atoms with Crippen molar-refractivity contribution in [1.82, 2.24) is 10.1 Å². The van der Waals surface area contributed by atoms with Gasteiger partial charge in [-0.2, -0.15) is 13.8 Å². The summed E-state index contributed by atoms with van der Waals surface area (Å²) >= 11 is 2.02. The predicted octanol–water partition coefficient (Wildman–Crippen LogP) is 4.25. The van der Waals surface area contributed by atoms with Gasteiger partial charge in [0, 0.05) is 14.7 Å². The maximum absolute atomic E-state index is 14.5. The molecule has 8 heteroatoms. The number of benzene rings is 1. The smallest absolute Gasteiger partial charge is 0.335 e. The molecule has 0 saturated carbocycles. The molecule has 0 amide bonds. The van der Waals surface area contributed by atoms with Crippen LogP contribution < -0.4 is 0 Å². The van der Waals surface area contributed by atoms with Gasteiger partial charge in [-0.05, 0) is 55.5 Å². The maximum Gasteiger partial charge on any atom is 0.335 e. The van der Waals surface area contributed by atoms with Crippen LogP contribution in [0.2, 0.25) is 0 Å². The third kappa shape index (κ3) is 5.07. The lowest BCUT2D eigenvalue weighted by atomic mass is 10.1. The Labute approximate surface area is 157 Å². The standard InChI is InChI=1S/C17H17F2IN2O3/c1-10(14(23)24-16(2,3)4)9-13-21-15(22-25-13)17(18,19)11-5-7-12(20)8-6-11/h5-8H,1,9H2,2-4H3. The van der Waals surface area contributed by atoms with Crippen LogP contribution in [-0.4, -0.2) is 21.7 Å². The number of nitrogens with zero attached hydrogens (tertiary/aromatic N) is 2. The minimum absolute atomic E-state index is 0.0442. The van der Waals surface area contributed by atoms with Gasteiger partial charge in [-0.15, -0.1) is 0 Å². The van der Waals surface area contributed by atoms with E-state index >= 15 is 0 Å². The molecule has 0 atom stereocenters.